The molecule has 1 fully saturated rings. The Balaban J connectivity index is 1.42. The van der Waals surface area contributed by atoms with E-state index in [1.165, 1.54) is 12.8 Å². The lowest BCUT2D eigenvalue weighted by Gasteiger charge is -2.29. The zero-order valence-corrected chi connectivity index (χ0v) is 18.2. The van der Waals surface area contributed by atoms with Gasteiger partial charge in [0.2, 0.25) is 5.91 Å². The molecule has 1 aliphatic heterocycles. The van der Waals surface area contributed by atoms with Crippen molar-refractivity contribution in [2.45, 2.75) is 19.4 Å². The van der Waals surface area contributed by atoms with E-state index in [1.807, 2.05) is 7.05 Å². The fraction of sp³-hybridized carbons (Fsp3) is 0.417. The van der Waals surface area contributed by atoms with Gasteiger partial charge in [-0.05, 0) is 36.2 Å². The first-order valence-corrected chi connectivity index (χ1v) is 10.5. The molecule has 1 amide bonds. The highest BCUT2D eigenvalue weighted by atomic mass is 16.5. The van der Waals surface area contributed by atoms with Crippen LogP contribution in [0.5, 0.6) is 11.5 Å². The molecule has 0 atom stereocenters. The number of ether oxygens (including phenoxy) is 3. The van der Waals surface area contributed by atoms with Crippen molar-refractivity contribution >= 4 is 11.6 Å². The van der Waals surface area contributed by atoms with E-state index >= 15 is 0 Å². The fourth-order valence-corrected chi connectivity index (χ4v) is 3.45. The summed E-state index contributed by atoms with van der Waals surface area (Å²) in [4.78, 5) is 16.5. The number of morpholine rings is 1. The molecule has 0 aromatic heterocycles. The quantitative estimate of drug-likeness (QED) is 0.577. The third-order valence-electron chi connectivity index (χ3n) is 5.24. The SMILES string of the molecule is COc1cc(C#N)ccc1OCCCC(=O)N(C)Cc1ccc(N2CCOCC2)cc1. The molecule has 0 unspecified atom stereocenters. The Morgan fingerprint density at radius 3 is 2.58 bits per heavy atom. The number of benzene rings is 2. The first-order valence-electron chi connectivity index (χ1n) is 10.5. The van der Waals surface area contributed by atoms with Gasteiger partial charge in [0, 0.05) is 44.9 Å². The van der Waals surface area contributed by atoms with Gasteiger partial charge in [0.1, 0.15) is 0 Å². The predicted octanol–water partition coefficient (Wildman–Crippen LogP) is 3.22. The highest BCUT2D eigenvalue weighted by molar-refractivity contribution is 5.75. The maximum Gasteiger partial charge on any atom is 0.222 e. The smallest absolute Gasteiger partial charge is 0.222 e. The van der Waals surface area contributed by atoms with Gasteiger partial charge in [-0.2, -0.15) is 5.26 Å². The molecule has 164 valence electrons. The number of methoxy groups -OCH3 is 1. The van der Waals surface area contributed by atoms with Gasteiger partial charge in [0.15, 0.2) is 11.5 Å². The summed E-state index contributed by atoms with van der Waals surface area (Å²) in [7, 11) is 3.36. The number of carbonyl (C=O) groups is 1. The van der Waals surface area contributed by atoms with Crippen molar-refractivity contribution in [2.24, 2.45) is 0 Å². The Bertz CT molecular complexity index is 902. The molecule has 0 bridgehead atoms. The average Bonchev–Trinajstić information content (AvgIpc) is 2.82. The van der Waals surface area contributed by atoms with Crippen molar-refractivity contribution in [3.63, 3.8) is 0 Å². The van der Waals surface area contributed by atoms with Crippen LogP contribution in [0.4, 0.5) is 5.69 Å². The largest absolute Gasteiger partial charge is 0.493 e. The molecular weight excluding hydrogens is 394 g/mol. The monoisotopic (exact) mass is 423 g/mol. The summed E-state index contributed by atoms with van der Waals surface area (Å²) < 4.78 is 16.4. The van der Waals surface area contributed by atoms with E-state index < -0.39 is 0 Å². The van der Waals surface area contributed by atoms with Gasteiger partial charge in [0.25, 0.3) is 0 Å². The van der Waals surface area contributed by atoms with Crippen molar-refractivity contribution in [3.05, 3.63) is 53.6 Å². The minimum atomic E-state index is 0.0765. The summed E-state index contributed by atoms with van der Waals surface area (Å²) in [5.41, 5.74) is 2.81. The summed E-state index contributed by atoms with van der Waals surface area (Å²) in [6.07, 6.45) is 1.00. The Hall–Kier alpha value is -3.24. The standard InChI is InChI=1S/C24H29N3O4/c1-26(18-19-5-8-21(9-6-19)27-11-14-30-15-12-27)24(28)4-3-13-31-22-10-7-20(17-25)16-23(22)29-2/h5-10,16H,3-4,11-15,18H2,1-2H3. The van der Waals surface area contributed by atoms with Crippen LogP contribution in [0.25, 0.3) is 0 Å². The summed E-state index contributed by atoms with van der Waals surface area (Å²) in [6, 6.07) is 15.5. The molecule has 31 heavy (non-hydrogen) atoms. The number of hydrogen-bond donors (Lipinski definition) is 0. The Morgan fingerprint density at radius 1 is 1.16 bits per heavy atom. The first kappa shape index (κ1) is 22.4. The van der Waals surface area contributed by atoms with E-state index in [4.69, 9.17) is 19.5 Å². The summed E-state index contributed by atoms with van der Waals surface area (Å²) in [5, 5.41) is 8.96. The van der Waals surface area contributed by atoms with Crippen LogP contribution in [0.2, 0.25) is 0 Å². The van der Waals surface area contributed by atoms with Crippen molar-refractivity contribution in [1.29, 1.82) is 5.26 Å². The van der Waals surface area contributed by atoms with Crippen molar-refractivity contribution in [2.75, 3.05) is 52.0 Å². The predicted molar refractivity (Wildman–Crippen MR) is 118 cm³/mol. The van der Waals surface area contributed by atoms with Gasteiger partial charge in [-0.3, -0.25) is 4.79 Å². The Labute approximate surface area is 183 Å². The van der Waals surface area contributed by atoms with Crippen LogP contribution < -0.4 is 14.4 Å². The maximum absolute atomic E-state index is 12.5. The second kappa shape index (κ2) is 11.2. The van der Waals surface area contributed by atoms with Crippen LogP contribution in [0.15, 0.2) is 42.5 Å². The van der Waals surface area contributed by atoms with Gasteiger partial charge < -0.3 is 24.0 Å². The lowest BCUT2D eigenvalue weighted by molar-refractivity contribution is -0.130. The number of hydrogen-bond acceptors (Lipinski definition) is 6. The van der Waals surface area contributed by atoms with Crippen molar-refractivity contribution in [1.82, 2.24) is 4.90 Å². The molecule has 3 rings (SSSR count). The second-order valence-electron chi connectivity index (χ2n) is 7.45. The third-order valence-corrected chi connectivity index (χ3v) is 5.24. The lowest BCUT2D eigenvalue weighted by Crippen LogP contribution is -2.36. The second-order valence-corrected chi connectivity index (χ2v) is 7.45. The summed E-state index contributed by atoms with van der Waals surface area (Å²) in [6.45, 7) is 4.33. The Kier molecular flexibility index (Phi) is 8.13. The molecule has 0 radical (unpaired) electrons. The molecule has 7 heteroatoms. The van der Waals surface area contributed by atoms with E-state index in [0.717, 1.165) is 31.9 Å². The normalized spacial score (nSPS) is 13.4. The van der Waals surface area contributed by atoms with Crippen molar-refractivity contribution in [3.8, 4) is 17.6 Å². The van der Waals surface area contributed by atoms with E-state index in [9.17, 15) is 4.79 Å². The fourth-order valence-electron chi connectivity index (χ4n) is 3.45. The zero-order chi connectivity index (χ0) is 22.1. The van der Waals surface area contributed by atoms with Gasteiger partial charge in [-0.1, -0.05) is 12.1 Å². The van der Waals surface area contributed by atoms with Crippen LogP contribution in [-0.2, 0) is 16.1 Å². The van der Waals surface area contributed by atoms with E-state index in [1.54, 1.807) is 23.1 Å². The maximum atomic E-state index is 12.5. The van der Waals surface area contributed by atoms with Crippen LogP contribution in [-0.4, -0.2) is 57.9 Å². The summed E-state index contributed by atoms with van der Waals surface area (Å²) in [5.74, 6) is 1.17. The van der Waals surface area contributed by atoms with Crippen molar-refractivity contribution < 1.29 is 19.0 Å². The summed E-state index contributed by atoms with van der Waals surface area (Å²) >= 11 is 0. The minimum Gasteiger partial charge on any atom is -0.493 e. The van der Waals surface area contributed by atoms with Gasteiger partial charge in [0.05, 0.1) is 38.6 Å². The highest BCUT2D eigenvalue weighted by Gasteiger charge is 2.13. The van der Waals surface area contributed by atoms with Gasteiger partial charge >= 0.3 is 0 Å². The van der Waals surface area contributed by atoms with E-state index in [2.05, 4.69) is 35.2 Å². The van der Waals surface area contributed by atoms with Crippen LogP contribution >= 0.6 is 0 Å². The van der Waals surface area contributed by atoms with E-state index in [-0.39, 0.29) is 5.91 Å². The number of amides is 1. The molecule has 0 spiro atoms. The van der Waals surface area contributed by atoms with Crippen LogP contribution in [0.1, 0.15) is 24.0 Å². The van der Waals surface area contributed by atoms with Gasteiger partial charge in [-0.25, -0.2) is 0 Å². The number of rotatable bonds is 9. The molecule has 1 saturated heterocycles. The number of carbonyl (C=O) groups excluding carboxylic acids is 1. The molecule has 0 N–H and O–H groups in total. The topological polar surface area (TPSA) is 75.0 Å². The molecule has 2 aromatic carbocycles. The first-order chi connectivity index (χ1) is 15.1. The average molecular weight is 424 g/mol. The number of nitrogens with zero attached hydrogens (tertiary/aromatic N) is 3. The van der Waals surface area contributed by atoms with Crippen LogP contribution in [0.3, 0.4) is 0 Å². The molecular formula is C24H29N3O4. The molecule has 0 aliphatic carbocycles. The molecule has 7 nitrogen and oxygen atoms in total. The zero-order valence-electron chi connectivity index (χ0n) is 18.2. The van der Waals surface area contributed by atoms with E-state index in [0.29, 0.717) is 43.1 Å². The van der Waals surface area contributed by atoms with Crippen LogP contribution in [0, 0.1) is 11.3 Å². The number of anilines is 1. The lowest BCUT2D eigenvalue weighted by atomic mass is 10.1. The molecule has 0 saturated carbocycles. The van der Waals surface area contributed by atoms with Gasteiger partial charge in [-0.15, -0.1) is 0 Å². The Morgan fingerprint density at radius 2 is 1.90 bits per heavy atom. The minimum absolute atomic E-state index is 0.0765. The highest BCUT2D eigenvalue weighted by Crippen LogP contribution is 2.28. The molecule has 1 heterocycles. The number of nitriles is 1. The molecule has 1 aliphatic rings. The third kappa shape index (κ3) is 6.37. The molecule has 2 aromatic rings.